The first kappa shape index (κ1) is 10.1. The Morgan fingerprint density at radius 1 is 1.20 bits per heavy atom. The van der Waals surface area contributed by atoms with Gasteiger partial charge in [-0.05, 0) is 50.5 Å². The Balaban J connectivity index is 1.82. The van der Waals surface area contributed by atoms with Crippen LogP contribution in [0.15, 0.2) is 0 Å². The van der Waals surface area contributed by atoms with Crippen LogP contribution in [0.3, 0.4) is 0 Å². The predicted molar refractivity (Wildman–Crippen MR) is 62.6 cm³/mol. The van der Waals surface area contributed by atoms with Crippen LogP contribution in [0.2, 0.25) is 0 Å². The highest BCUT2D eigenvalue weighted by molar-refractivity contribution is 5.11. The number of hydrogen-bond acceptors (Lipinski definition) is 2. The van der Waals surface area contributed by atoms with Gasteiger partial charge in [0, 0.05) is 12.6 Å². The molecule has 2 aliphatic heterocycles. The van der Waals surface area contributed by atoms with E-state index in [0.717, 1.165) is 17.9 Å². The van der Waals surface area contributed by atoms with Gasteiger partial charge in [0.05, 0.1) is 5.66 Å². The SMILES string of the molecule is CNC1(C)CC2CC2C(C)(C)CC2CN21. The standard InChI is InChI=1S/C13H24N2/c1-12(2)7-10-8-15(10)13(3,14-4)6-9-5-11(9)12/h9-11,14H,5-8H2,1-4H3. The molecule has 2 heterocycles. The highest BCUT2D eigenvalue weighted by Gasteiger charge is 2.58. The normalized spacial score (nSPS) is 56.0. The van der Waals surface area contributed by atoms with Crippen molar-refractivity contribution in [3.05, 3.63) is 0 Å². The Bertz CT molecular complexity index is 286. The summed E-state index contributed by atoms with van der Waals surface area (Å²) in [6.07, 6.45) is 4.24. The van der Waals surface area contributed by atoms with Crippen LogP contribution in [0, 0.1) is 17.3 Å². The molecule has 0 bridgehead atoms. The lowest BCUT2D eigenvalue weighted by molar-refractivity contribution is 0.121. The van der Waals surface area contributed by atoms with E-state index in [4.69, 9.17) is 0 Å². The highest BCUT2D eigenvalue weighted by atomic mass is 15.4. The molecule has 1 saturated carbocycles. The predicted octanol–water partition coefficient (Wildman–Crippen LogP) is 2.06. The molecule has 15 heavy (non-hydrogen) atoms. The van der Waals surface area contributed by atoms with Crippen LogP contribution in [-0.2, 0) is 0 Å². The number of fused-ring (bicyclic) bond motifs is 2. The summed E-state index contributed by atoms with van der Waals surface area (Å²) in [5.41, 5.74) is 0.889. The molecular weight excluding hydrogens is 184 g/mol. The minimum atomic E-state index is 0.292. The Morgan fingerprint density at radius 3 is 2.60 bits per heavy atom. The largest absolute Gasteiger partial charge is 0.302 e. The third-order valence-corrected chi connectivity index (χ3v) is 5.23. The van der Waals surface area contributed by atoms with Crippen molar-refractivity contribution >= 4 is 0 Å². The minimum Gasteiger partial charge on any atom is -0.302 e. The fraction of sp³-hybridized carbons (Fsp3) is 1.00. The molecule has 2 heteroatoms. The van der Waals surface area contributed by atoms with E-state index in [9.17, 15) is 0 Å². The van der Waals surface area contributed by atoms with Gasteiger partial charge in [-0.3, -0.25) is 4.90 Å². The van der Waals surface area contributed by atoms with Gasteiger partial charge in [-0.15, -0.1) is 0 Å². The summed E-state index contributed by atoms with van der Waals surface area (Å²) in [6, 6.07) is 0.860. The molecule has 1 aliphatic carbocycles. The van der Waals surface area contributed by atoms with Crippen LogP contribution in [-0.4, -0.2) is 30.2 Å². The zero-order valence-corrected chi connectivity index (χ0v) is 10.5. The first-order chi connectivity index (χ1) is 6.96. The van der Waals surface area contributed by atoms with Crippen molar-refractivity contribution in [3.63, 3.8) is 0 Å². The van der Waals surface area contributed by atoms with Crippen LogP contribution >= 0.6 is 0 Å². The van der Waals surface area contributed by atoms with E-state index in [-0.39, 0.29) is 0 Å². The lowest BCUT2D eigenvalue weighted by atomic mass is 9.79. The molecule has 5 unspecified atom stereocenters. The van der Waals surface area contributed by atoms with Crippen molar-refractivity contribution in [1.29, 1.82) is 0 Å². The smallest absolute Gasteiger partial charge is 0.0687 e. The molecule has 0 aromatic heterocycles. The van der Waals surface area contributed by atoms with Gasteiger partial charge in [-0.25, -0.2) is 0 Å². The average Bonchev–Trinajstić information content (AvgIpc) is 2.99. The summed E-state index contributed by atoms with van der Waals surface area (Å²) in [7, 11) is 2.12. The second kappa shape index (κ2) is 2.78. The molecule has 1 N–H and O–H groups in total. The molecule has 3 rings (SSSR count). The van der Waals surface area contributed by atoms with Crippen molar-refractivity contribution < 1.29 is 0 Å². The monoisotopic (exact) mass is 208 g/mol. The summed E-state index contributed by atoms with van der Waals surface area (Å²) >= 11 is 0. The van der Waals surface area contributed by atoms with Gasteiger partial charge in [0.15, 0.2) is 0 Å². The maximum atomic E-state index is 3.55. The van der Waals surface area contributed by atoms with Gasteiger partial charge >= 0.3 is 0 Å². The van der Waals surface area contributed by atoms with Crippen molar-refractivity contribution in [2.45, 2.75) is 51.7 Å². The lowest BCUT2D eigenvalue weighted by Crippen LogP contribution is -2.49. The zero-order chi connectivity index (χ0) is 10.8. The lowest BCUT2D eigenvalue weighted by Gasteiger charge is -2.36. The molecule has 2 saturated heterocycles. The number of hydrogen-bond donors (Lipinski definition) is 1. The summed E-state index contributed by atoms with van der Waals surface area (Å²) in [5, 5.41) is 3.55. The van der Waals surface area contributed by atoms with E-state index in [1.165, 1.54) is 25.8 Å². The molecule has 3 aliphatic rings. The zero-order valence-electron chi connectivity index (χ0n) is 10.5. The molecule has 0 aromatic rings. The quantitative estimate of drug-likeness (QED) is 0.664. The fourth-order valence-electron chi connectivity index (χ4n) is 4.02. The first-order valence-electron chi connectivity index (χ1n) is 6.42. The Morgan fingerprint density at radius 2 is 1.93 bits per heavy atom. The molecule has 0 amide bonds. The van der Waals surface area contributed by atoms with Crippen LogP contribution in [0.4, 0.5) is 0 Å². The third kappa shape index (κ3) is 1.45. The van der Waals surface area contributed by atoms with E-state index < -0.39 is 0 Å². The van der Waals surface area contributed by atoms with Gasteiger partial charge in [0.2, 0.25) is 0 Å². The molecule has 2 nitrogen and oxygen atoms in total. The van der Waals surface area contributed by atoms with E-state index in [2.05, 4.69) is 38.0 Å². The third-order valence-electron chi connectivity index (χ3n) is 5.23. The summed E-state index contributed by atoms with van der Waals surface area (Å²) in [5.74, 6) is 1.99. The fourth-order valence-corrected chi connectivity index (χ4v) is 4.02. The average molecular weight is 208 g/mol. The number of nitrogens with zero attached hydrogens (tertiary/aromatic N) is 1. The second-order valence-electron chi connectivity index (χ2n) is 6.83. The minimum absolute atomic E-state index is 0.292. The molecule has 0 aromatic carbocycles. The summed E-state index contributed by atoms with van der Waals surface area (Å²) < 4.78 is 0. The van der Waals surface area contributed by atoms with Crippen molar-refractivity contribution in [3.8, 4) is 0 Å². The summed E-state index contributed by atoms with van der Waals surface area (Å²) in [6.45, 7) is 8.67. The molecule has 3 fully saturated rings. The molecule has 0 radical (unpaired) electrons. The number of rotatable bonds is 1. The van der Waals surface area contributed by atoms with Crippen molar-refractivity contribution in [2.24, 2.45) is 17.3 Å². The van der Waals surface area contributed by atoms with Gasteiger partial charge in [0.1, 0.15) is 0 Å². The molecule has 86 valence electrons. The Kier molecular flexibility index (Phi) is 1.87. The molecule has 0 spiro atoms. The van der Waals surface area contributed by atoms with Gasteiger partial charge in [0.25, 0.3) is 0 Å². The maximum Gasteiger partial charge on any atom is 0.0687 e. The first-order valence-corrected chi connectivity index (χ1v) is 6.42. The highest BCUT2D eigenvalue weighted by Crippen LogP contribution is 2.59. The van der Waals surface area contributed by atoms with Crippen LogP contribution < -0.4 is 5.32 Å². The van der Waals surface area contributed by atoms with Crippen LogP contribution in [0.5, 0.6) is 0 Å². The maximum absolute atomic E-state index is 3.55. The van der Waals surface area contributed by atoms with Crippen molar-refractivity contribution in [1.82, 2.24) is 10.2 Å². The van der Waals surface area contributed by atoms with Crippen LogP contribution in [0.25, 0.3) is 0 Å². The van der Waals surface area contributed by atoms with E-state index in [0.29, 0.717) is 11.1 Å². The number of nitrogens with one attached hydrogen (secondary N) is 1. The van der Waals surface area contributed by atoms with E-state index >= 15 is 0 Å². The van der Waals surface area contributed by atoms with Crippen LogP contribution in [0.1, 0.15) is 40.0 Å². The topological polar surface area (TPSA) is 15.0 Å². The van der Waals surface area contributed by atoms with E-state index in [1.54, 1.807) is 0 Å². The van der Waals surface area contributed by atoms with E-state index in [1.807, 2.05) is 0 Å². The second-order valence-corrected chi connectivity index (χ2v) is 6.83. The molecular formula is C13H24N2. The Hall–Kier alpha value is -0.0800. The van der Waals surface area contributed by atoms with Gasteiger partial charge in [-0.1, -0.05) is 13.8 Å². The van der Waals surface area contributed by atoms with Crippen molar-refractivity contribution in [2.75, 3.05) is 13.6 Å². The van der Waals surface area contributed by atoms with Gasteiger partial charge < -0.3 is 5.32 Å². The Labute approximate surface area is 93.4 Å². The summed E-state index contributed by atoms with van der Waals surface area (Å²) in [4.78, 5) is 2.67. The molecule has 5 atom stereocenters. The van der Waals surface area contributed by atoms with Gasteiger partial charge in [-0.2, -0.15) is 0 Å².